The normalized spacial score (nSPS) is 17.2. The average molecular weight is 268 g/mol. The van der Waals surface area contributed by atoms with Gasteiger partial charge in [-0.3, -0.25) is 0 Å². The van der Waals surface area contributed by atoms with Crippen molar-refractivity contribution in [2.75, 3.05) is 26.3 Å². The van der Waals surface area contributed by atoms with Crippen LogP contribution < -0.4 is 4.46 Å². The number of hydrogen-bond donors (Lipinski definition) is 0. The summed E-state index contributed by atoms with van der Waals surface area (Å²) in [4.78, 5) is 4.61. The van der Waals surface area contributed by atoms with Crippen LogP contribution in [0.2, 0.25) is 0 Å². The third-order valence-electron chi connectivity index (χ3n) is 2.26. The minimum absolute atomic E-state index is 0.458. The van der Waals surface area contributed by atoms with Gasteiger partial charge in [-0.2, -0.15) is 0 Å². The molecule has 15 heavy (non-hydrogen) atoms. The maximum atomic E-state index is 5.29. The second kappa shape index (κ2) is 5.96. The zero-order valence-electron chi connectivity index (χ0n) is 8.63. The van der Waals surface area contributed by atoms with Crippen molar-refractivity contribution in [2.24, 2.45) is 0 Å². The number of ether oxygens (including phenoxy) is 1. The van der Waals surface area contributed by atoms with Crippen LogP contribution in [0.15, 0.2) is 41.5 Å². The Bertz CT molecular complexity index is 307. The number of nitrogens with zero attached hydrogens (tertiary/aromatic N) is 1. The molecule has 0 amide bonds. The molecule has 1 saturated heterocycles. The Morgan fingerprint density at radius 2 is 1.87 bits per heavy atom. The van der Waals surface area contributed by atoms with E-state index in [0.717, 1.165) is 26.3 Å². The maximum absolute atomic E-state index is 5.29. The topological polar surface area (TPSA) is 12.5 Å². The van der Waals surface area contributed by atoms with Gasteiger partial charge in [0, 0.05) is 0 Å². The predicted octanol–water partition coefficient (Wildman–Crippen LogP) is 0.819. The van der Waals surface area contributed by atoms with Crippen LogP contribution in [-0.2, 0) is 4.74 Å². The summed E-state index contributed by atoms with van der Waals surface area (Å²) in [6.45, 7) is 3.79. The first-order chi connectivity index (χ1) is 7.45. The molecule has 1 aliphatic heterocycles. The summed E-state index contributed by atoms with van der Waals surface area (Å²) in [5.41, 5.74) is 0. The predicted molar refractivity (Wildman–Crippen MR) is 63.4 cm³/mol. The van der Waals surface area contributed by atoms with E-state index < -0.39 is 0 Å². The van der Waals surface area contributed by atoms with Crippen molar-refractivity contribution in [3.63, 3.8) is 0 Å². The van der Waals surface area contributed by atoms with E-state index in [1.54, 1.807) is 0 Å². The molecule has 1 aromatic rings. The van der Waals surface area contributed by atoms with Crippen molar-refractivity contribution in [2.45, 2.75) is 0 Å². The number of rotatable bonds is 3. The summed E-state index contributed by atoms with van der Waals surface area (Å²) < 4.78 is 6.72. The van der Waals surface area contributed by atoms with Crippen LogP contribution in [0.5, 0.6) is 0 Å². The molecule has 0 N–H and O–H groups in total. The summed E-state index contributed by atoms with van der Waals surface area (Å²) in [7, 11) is 0. The van der Waals surface area contributed by atoms with E-state index >= 15 is 0 Å². The zero-order chi connectivity index (χ0) is 10.3. The number of morpholine rings is 1. The standard InChI is InChI=1S/C12H15NOSe/c1-2-4-12(5-3-1)15-11-8-13-6-9-14-10-7-13/h1-5,8,11H,6-7,9-10H2/b11-8+. The Morgan fingerprint density at radius 3 is 2.60 bits per heavy atom. The van der Waals surface area contributed by atoms with Gasteiger partial charge in [-0.15, -0.1) is 0 Å². The fraction of sp³-hybridized carbons (Fsp3) is 0.333. The molecule has 0 aromatic heterocycles. The van der Waals surface area contributed by atoms with E-state index in [1.807, 2.05) is 0 Å². The molecule has 1 heterocycles. The third kappa shape index (κ3) is 3.71. The molecule has 0 aliphatic carbocycles. The van der Waals surface area contributed by atoms with Crippen LogP contribution in [0.3, 0.4) is 0 Å². The van der Waals surface area contributed by atoms with Gasteiger partial charge in [-0.05, 0) is 0 Å². The van der Waals surface area contributed by atoms with Gasteiger partial charge in [-0.1, -0.05) is 0 Å². The van der Waals surface area contributed by atoms with Gasteiger partial charge >= 0.3 is 96.9 Å². The number of hydrogen-bond acceptors (Lipinski definition) is 2. The summed E-state index contributed by atoms with van der Waals surface area (Å²) in [6, 6.07) is 10.6. The molecule has 0 bridgehead atoms. The first-order valence-electron chi connectivity index (χ1n) is 5.15. The van der Waals surface area contributed by atoms with E-state index in [0.29, 0.717) is 15.0 Å². The quantitative estimate of drug-likeness (QED) is 0.753. The third-order valence-corrected chi connectivity index (χ3v) is 3.95. The molecule has 1 fully saturated rings. The number of benzene rings is 1. The Labute approximate surface area is 97.1 Å². The summed E-state index contributed by atoms with van der Waals surface area (Å²) in [5, 5.41) is 0. The van der Waals surface area contributed by atoms with Gasteiger partial charge in [0.2, 0.25) is 0 Å². The molecule has 1 aromatic carbocycles. The van der Waals surface area contributed by atoms with Crippen LogP contribution in [0.1, 0.15) is 0 Å². The average Bonchev–Trinajstić information content (AvgIpc) is 2.32. The van der Waals surface area contributed by atoms with Crippen LogP contribution in [0, 0.1) is 0 Å². The van der Waals surface area contributed by atoms with E-state index in [4.69, 9.17) is 4.74 Å². The van der Waals surface area contributed by atoms with E-state index in [-0.39, 0.29) is 0 Å². The summed E-state index contributed by atoms with van der Waals surface area (Å²) in [6.07, 6.45) is 2.22. The SMILES string of the molecule is C(=C\N1CCOCC1)/[Se]c1ccccc1. The fourth-order valence-electron chi connectivity index (χ4n) is 1.42. The molecule has 2 rings (SSSR count). The van der Waals surface area contributed by atoms with E-state index in [9.17, 15) is 0 Å². The van der Waals surface area contributed by atoms with Gasteiger partial charge in [0.05, 0.1) is 0 Å². The Morgan fingerprint density at radius 1 is 1.13 bits per heavy atom. The van der Waals surface area contributed by atoms with E-state index in [1.165, 1.54) is 4.46 Å². The van der Waals surface area contributed by atoms with Crippen molar-refractivity contribution in [3.05, 3.63) is 41.5 Å². The van der Waals surface area contributed by atoms with Crippen LogP contribution in [0.4, 0.5) is 0 Å². The monoisotopic (exact) mass is 269 g/mol. The van der Waals surface area contributed by atoms with E-state index in [2.05, 4.69) is 46.4 Å². The van der Waals surface area contributed by atoms with Crippen molar-refractivity contribution in [1.29, 1.82) is 0 Å². The van der Waals surface area contributed by atoms with Crippen molar-refractivity contribution < 1.29 is 4.74 Å². The molecule has 0 unspecified atom stereocenters. The second-order valence-electron chi connectivity index (χ2n) is 3.36. The molecule has 1 aliphatic rings. The minimum atomic E-state index is 0.458. The molecule has 3 heteroatoms. The Kier molecular flexibility index (Phi) is 4.27. The first-order valence-corrected chi connectivity index (χ1v) is 7.00. The molecular weight excluding hydrogens is 253 g/mol. The van der Waals surface area contributed by atoms with Gasteiger partial charge in [0.1, 0.15) is 0 Å². The van der Waals surface area contributed by atoms with Gasteiger partial charge < -0.3 is 0 Å². The van der Waals surface area contributed by atoms with Crippen LogP contribution in [-0.4, -0.2) is 46.2 Å². The first kappa shape index (κ1) is 10.7. The summed E-state index contributed by atoms with van der Waals surface area (Å²) in [5.74, 6) is 0. The Balaban J connectivity index is 1.79. The molecular formula is C12H15NOSe. The molecule has 0 atom stereocenters. The Hall–Kier alpha value is -0.761. The molecule has 80 valence electrons. The second-order valence-corrected chi connectivity index (χ2v) is 5.42. The van der Waals surface area contributed by atoms with Crippen molar-refractivity contribution in [1.82, 2.24) is 4.90 Å². The fourth-order valence-corrected chi connectivity index (χ4v) is 2.90. The van der Waals surface area contributed by atoms with Crippen molar-refractivity contribution in [3.8, 4) is 0 Å². The van der Waals surface area contributed by atoms with Crippen LogP contribution in [0.25, 0.3) is 0 Å². The van der Waals surface area contributed by atoms with Crippen molar-refractivity contribution >= 4 is 19.4 Å². The zero-order valence-corrected chi connectivity index (χ0v) is 10.3. The molecule has 0 saturated carbocycles. The van der Waals surface area contributed by atoms with Gasteiger partial charge in [-0.25, -0.2) is 0 Å². The molecule has 0 spiro atoms. The molecule has 2 nitrogen and oxygen atoms in total. The summed E-state index contributed by atoms with van der Waals surface area (Å²) >= 11 is 0.458. The van der Waals surface area contributed by atoms with Gasteiger partial charge in [0.25, 0.3) is 0 Å². The van der Waals surface area contributed by atoms with Crippen LogP contribution >= 0.6 is 0 Å². The molecule has 0 radical (unpaired) electrons. The van der Waals surface area contributed by atoms with Gasteiger partial charge in [0.15, 0.2) is 0 Å².